The standard InChI is InChI=1S/C15H22O/c1-12(2)13-6-8-14(9-7-13)15(16)10-4-3-5-11-15/h6-9,12,16H,3-5,10-11H2,1-2H3. The predicted molar refractivity (Wildman–Crippen MR) is 67.5 cm³/mol. The highest BCUT2D eigenvalue weighted by atomic mass is 16.3. The van der Waals surface area contributed by atoms with Crippen molar-refractivity contribution < 1.29 is 5.11 Å². The molecule has 1 heteroatoms. The smallest absolute Gasteiger partial charge is 0.0896 e. The molecular weight excluding hydrogens is 196 g/mol. The summed E-state index contributed by atoms with van der Waals surface area (Å²) in [5.41, 5.74) is 1.91. The van der Waals surface area contributed by atoms with E-state index in [1.807, 2.05) is 0 Å². The molecule has 1 fully saturated rings. The number of hydrogen-bond acceptors (Lipinski definition) is 1. The van der Waals surface area contributed by atoms with Gasteiger partial charge in [0.05, 0.1) is 5.60 Å². The van der Waals surface area contributed by atoms with E-state index in [-0.39, 0.29) is 0 Å². The van der Waals surface area contributed by atoms with E-state index in [4.69, 9.17) is 0 Å². The summed E-state index contributed by atoms with van der Waals surface area (Å²) in [7, 11) is 0. The molecule has 1 aliphatic rings. The van der Waals surface area contributed by atoms with Gasteiger partial charge in [0.1, 0.15) is 0 Å². The van der Waals surface area contributed by atoms with Gasteiger partial charge < -0.3 is 5.11 Å². The fourth-order valence-corrected chi connectivity index (χ4v) is 2.60. The van der Waals surface area contributed by atoms with Crippen LogP contribution in [-0.4, -0.2) is 5.11 Å². The first-order chi connectivity index (χ1) is 7.62. The van der Waals surface area contributed by atoms with Gasteiger partial charge in [0.15, 0.2) is 0 Å². The second kappa shape index (κ2) is 4.58. The molecule has 1 aromatic carbocycles. The Morgan fingerprint density at radius 2 is 1.56 bits per heavy atom. The van der Waals surface area contributed by atoms with E-state index in [0.717, 1.165) is 31.2 Å². The van der Waals surface area contributed by atoms with E-state index in [1.54, 1.807) is 0 Å². The first kappa shape index (κ1) is 11.7. The maximum atomic E-state index is 10.6. The van der Waals surface area contributed by atoms with E-state index in [1.165, 1.54) is 12.0 Å². The second-order valence-corrected chi connectivity index (χ2v) is 5.37. The minimum Gasteiger partial charge on any atom is -0.385 e. The zero-order valence-corrected chi connectivity index (χ0v) is 10.4. The van der Waals surface area contributed by atoms with Gasteiger partial charge in [-0.15, -0.1) is 0 Å². The van der Waals surface area contributed by atoms with Crippen LogP contribution in [0.3, 0.4) is 0 Å². The lowest BCUT2D eigenvalue weighted by molar-refractivity contribution is -0.000640. The van der Waals surface area contributed by atoms with Crippen LogP contribution in [0.15, 0.2) is 24.3 Å². The monoisotopic (exact) mass is 218 g/mol. The second-order valence-electron chi connectivity index (χ2n) is 5.37. The van der Waals surface area contributed by atoms with Crippen LogP contribution in [0.5, 0.6) is 0 Å². The molecule has 0 unspecified atom stereocenters. The van der Waals surface area contributed by atoms with Gasteiger partial charge in [-0.05, 0) is 29.9 Å². The Labute approximate surface area is 98.5 Å². The van der Waals surface area contributed by atoms with Crippen LogP contribution in [0.2, 0.25) is 0 Å². The van der Waals surface area contributed by atoms with Crippen molar-refractivity contribution in [2.45, 2.75) is 57.5 Å². The Kier molecular flexibility index (Phi) is 3.34. The highest BCUT2D eigenvalue weighted by molar-refractivity contribution is 5.29. The quantitative estimate of drug-likeness (QED) is 0.796. The summed E-state index contributed by atoms with van der Waals surface area (Å²) in [5.74, 6) is 0.565. The Hall–Kier alpha value is -0.820. The van der Waals surface area contributed by atoms with E-state index < -0.39 is 5.60 Å². The third-order valence-corrected chi connectivity index (χ3v) is 3.80. The maximum Gasteiger partial charge on any atom is 0.0896 e. The van der Waals surface area contributed by atoms with Gasteiger partial charge in [-0.2, -0.15) is 0 Å². The predicted octanol–water partition coefficient (Wildman–Crippen LogP) is 3.96. The van der Waals surface area contributed by atoms with Gasteiger partial charge in [-0.25, -0.2) is 0 Å². The largest absolute Gasteiger partial charge is 0.385 e. The lowest BCUT2D eigenvalue weighted by Gasteiger charge is -2.32. The molecule has 0 bridgehead atoms. The average molecular weight is 218 g/mol. The maximum absolute atomic E-state index is 10.6. The van der Waals surface area contributed by atoms with Crippen molar-refractivity contribution in [1.29, 1.82) is 0 Å². The van der Waals surface area contributed by atoms with Crippen molar-refractivity contribution in [2.75, 3.05) is 0 Å². The van der Waals surface area contributed by atoms with Crippen molar-refractivity contribution in [1.82, 2.24) is 0 Å². The summed E-state index contributed by atoms with van der Waals surface area (Å²) in [6, 6.07) is 8.54. The topological polar surface area (TPSA) is 20.2 Å². The number of benzene rings is 1. The molecular formula is C15H22O. The highest BCUT2D eigenvalue weighted by Crippen LogP contribution is 2.37. The molecule has 88 valence electrons. The molecule has 1 aromatic rings. The minimum atomic E-state index is -0.548. The van der Waals surface area contributed by atoms with Crippen LogP contribution < -0.4 is 0 Å². The number of rotatable bonds is 2. The Morgan fingerprint density at radius 1 is 1.00 bits per heavy atom. The highest BCUT2D eigenvalue weighted by Gasteiger charge is 2.30. The van der Waals surface area contributed by atoms with Gasteiger partial charge in [-0.1, -0.05) is 57.4 Å². The van der Waals surface area contributed by atoms with Crippen molar-refractivity contribution in [3.8, 4) is 0 Å². The zero-order chi connectivity index (χ0) is 11.6. The summed E-state index contributed by atoms with van der Waals surface area (Å²) < 4.78 is 0. The van der Waals surface area contributed by atoms with Gasteiger partial charge in [0, 0.05) is 0 Å². The molecule has 0 aliphatic heterocycles. The fourth-order valence-electron chi connectivity index (χ4n) is 2.60. The number of aliphatic hydroxyl groups is 1. The minimum absolute atomic E-state index is 0.548. The lowest BCUT2D eigenvalue weighted by atomic mass is 9.79. The van der Waals surface area contributed by atoms with Crippen molar-refractivity contribution >= 4 is 0 Å². The molecule has 1 saturated carbocycles. The van der Waals surface area contributed by atoms with Crippen LogP contribution in [-0.2, 0) is 5.60 Å². The summed E-state index contributed by atoms with van der Waals surface area (Å²) >= 11 is 0. The van der Waals surface area contributed by atoms with E-state index in [0.29, 0.717) is 5.92 Å². The molecule has 0 heterocycles. The van der Waals surface area contributed by atoms with Crippen molar-refractivity contribution in [2.24, 2.45) is 0 Å². The Bertz CT molecular complexity index is 331. The summed E-state index contributed by atoms with van der Waals surface area (Å²) in [5, 5.41) is 10.6. The van der Waals surface area contributed by atoms with Crippen LogP contribution in [0.25, 0.3) is 0 Å². The average Bonchev–Trinajstić information content (AvgIpc) is 2.30. The third-order valence-electron chi connectivity index (χ3n) is 3.80. The molecule has 0 saturated heterocycles. The molecule has 16 heavy (non-hydrogen) atoms. The van der Waals surface area contributed by atoms with Crippen LogP contribution in [0.4, 0.5) is 0 Å². The van der Waals surface area contributed by atoms with Crippen molar-refractivity contribution in [3.63, 3.8) is 0 Å². The van der Waals surface area contributed by atoms with Gasteiger partial charge >= 0.3 is 0 Å². The van der Waals surface area contributed by atoms with Crippen LogP contribution in [0.1, 0.15) is 63.0 Å². The first-order valence-corrected chi connectivity index (χ1v) is 6.45. The molecule has 0 aromatic heterocycles. The summed E-state index contributed by atoms with van der Waals surface area (Å²) in [6.45, 7) is 4.40. The Balaban J connectivity index is 2.20. The van der Waals surface area contributed by atoms with E-state index in [9.17, 15) is 5.11 Å². The summed E-state index contributed by atoms with van der Waals surface area (Å²) in [6.07, 6.45) is 5.43. The first-order valence-electron chi connectivity index (χ1n) is 6.45. The Morgan fingerprint density at radius 3 is 2.06 bits per heavy atom. The number of hydrogen-bond donors (Lipinski definition) is 1. The molecule has 0 radical (unpaired) electrons. The molecule has 1 N–H and O–H groups in total. The lowest BCUT2D eigenvalue weighted by Crippen LogP contribution is -2.28. The molecule has 0 spiro atoms. The van der Waals surface area contributed by atoms with Crippen molar-refractivity contribution in [3.05, 3.63) is 35.4 Å². The van der Waals surface area contributed by atoms with Gasteiger partial charge in [0.25, 0.3) is 0 Å². The van der Waals surface area contributed by atoms with Crippen LogP contribution >= 0.6 is 0 Å². The van der Waals surface area contributed by atoms with Gasteiger partial charge in [0.2, 0.25) is 0 Å². The zero-order valence-electron chi connectivity index (χ0n) is 10.4. The SMILES string of the molecule is CC(C)c1ccc(C2(O)CCCCC2)cc1. The molecule has 1 nitrogen and oxygen atoms in total. The van der Waals surface area contributed by atoms with E-state index >= 15 is 0 Å². The molecule has 0 amide bonds. The summed E-state index contributed by atoms with van der Waals surface area (Å²) in [4.78, 5) is 0. The molecule has 2 rings (SSSR count). The normalized spacial score (nSPS) is 20.0. The fraction of sp³-hybridized carbons (Fsp3) is 0.600. The molecule has 1 aliphatic carbocycles. The third kappa shape index (κ3) is 2.30. The van der Waals surface area contributed by atoms with E-state index in [2.05, 4.69) is 38.1 Å². The molecule has 0 atom stereocenters. The van der Waals surface area contributed by atoms with Crippen LogP contribution in [0, 0.1) is 0 Å². The van der Waals surface area contributed by atoms with Gasteiger partial charge in [-0.3, -0.25) is 0 Å².